The third kappa shape index (κ3) is 2.30. The molecule has 1 fully saturated rings. The SMILES string of the molecule is O=C(O)CC1CC(O)CCC1=O. The van der Waals surface area contributed by atoms with Gasteiger partial charge in [-0.3, -0.25) is 9.59 Å². The molecule has 0 aromatic carbocycles. The summed E-state index contributed by atoms with van der Waals surface area (Å²) < 4.78 is 0. The van der Waals surface area contributed by atoms with Gasteiger partial charge in [-0.25, -0.2) is 0 Å². The third-order valence-corrected chi connectivity index (χ3v) is 2.16. The van der Waals surface area contributed by atoms with E-state index in [1.165, 1.54) is 0 Å². The summed E-state index contributed by atoms with van der Waals surface area (Å²) in [5.74, 6) is -1.46. The lowest BCUT2D eigenvalue weighted by Crippen LogP contribution is -2.29. The van der Waals surface area contributed by atoms with E-state index in [0.29, 0.717) is 19.3 Å². The molecule has 2 atom stereocenters. The Balaban J connectivity index is 2.49. The van der Waals surface area contributed by atoms with E-state index in [1.807, 2.05) is 0 Å². The lowest BCUT2D eigenvalue weighted by atomic mass is 9.84. The van der Waals surface area contributed by atoms with Gasteiger partial charge in [-0.1, -0.05) is 0 Å². The summed E-state index contributed by atoms with van der Waals surface area (Å²) in [5, 5.41) is 17.6. The highest BCUT2D eigenvalue weighted by atomic mass is 16.4. The second-order valence-corrected chi connectivity index (χ2v) is 3.19. The van der Waals surface area contributed by atoms with Gasteiger partial charge in [0.25, 0.3) is 0 Å². The topological polar surface area (TPSA) is 74.6 Å². The van der Waals surface area contributed by atoms with E-state index >= 15 is 0 Å². The number of Topliss-reactive ketones (excluding diaryl/α,β-unsaturated/α-hetero) is 1. The van der Waals surface area contributed by atoms with E-state index < -0.39 is 18.0 Å². The van der Waals surface area contributed by atoms with Crippen molar-refractivity contribution < 1.29 is 19.8 Å². The third-order valence-electron chi connectivity index (χ3n) is 2.16. The molecule has 2 N–H and O–H groups in total. The predicted octanol–water partition coefficient (Wildman–Crippen LogP) is 0.191. The molecule has 0 saturated heterocycles. The zero-order valence-corrected chi connectivity index (χ0v) is 6.69. The number of aliphatic hydroxyl groups excluding tert-OH is 1. The molecule has 1 rings (SSSR count). The van der Waals surface area contributed by atoms with Gasteiger partial charge in [0.1, 0.15) is 5.78 Å². The first-order chi connectivity index (χ1) is 5.59. The molecule has 1 aliphatic carbocycles. The Hall–Kier alpha value is -0.900. The Kier molecular flexibility index (Phi) is 2.81. The Morgan fingerprint density at radius 3 is 2.83 bits per heavy atom. The maximum atomic E-state index is 11.1. The van der Waals surface area contributed by atoms with E-state index in [2.05, 4.69) is 0 Å². The molecular formula is C8H12O4. The molecule has 0 amide bonds. The van der Waals surface area contributed by atoms with Crippen molar-refractivity contribution in [1.82, 2.24) is 0 Å². The van der Waals surface area contributed by atoms with Crippen LogP contribution in [0.4, 0.5) is 0 Å². The van der Waals surface area contributed by atoms with E-state index in [9.17, 15) is 9.59 Å². The fourth-order valence-corrected chi connectivity index (χ4v) is 1.50. The highest BCUT2D eigenvalue weighted by Gasteiger charge is 2.28. The molecule has 2 unspecified atom stereocenters. The second kappa shape index (κ2) is 3.67. The first-order valence-corrected chi connectivity index (χ1v) is 4.02. The van der Waals surface area contributed by atoms with Gasteiger partial charge in [-0.2, -0.15) is 0 Å². The molecule has 4 heteroatoms. The predicted molar refractivity (Wildman–Crippen MR) is 40.6 cm³/mol. The molecule has 0 heterocycles. The molecule has 1 aliphatic rings. The Labute approximate surface area is 70.2 Å². The van der Waals surface area contributed by atoms with Gasteiger partial charge in [-0.15, -0.1) is 0 Å². The number of carboxylic acids is 1. The van der Waals surface area contributed by atoms with Crippen molar-refractivity contribution in [3.63, 3.8) is 0 Å². The van der Waals surface area contributed by atoms with Crippen LogP contribution >= 0.6 is 0 Å². The Bertz CT molecular complexity index is 199. The number of carboxylic acid groups (broad SMARTS) is 1. The van der Waals surface area contributed by atoms with Crippen molar-refractivity contribution in [2.45, 2.75) is 31.8 Å². The molecule has 4 nitrogen and oxygen atoms in total. The van der Waals surface area contributed by atoms with Crippen LogP contribution in [0.25, 0.3) is 0 Å². The van der Waals surface area contributed by atoms with Gasteiger partial charge in [-0.05, 0) is 12.8 Å². The summed E-state index contributed by atoms with van der Waals surface area (Å²) in [7, 11) is 0. The molecule has 12 heavy (non-hydrogen) atoms. The zero-order chi connectivity index (χ0) is 9.14. The van der Waals surface area contributed by atoms with E-state index in [-0.39, 0.29) is 12.2 Å². The minimum atomic E-state index is -0.970. The second-order valence-electron chi connectivity index (χ2n) is 3.19. The summed E-state index contributed by atoms with van der Waals surface area (Å²) in [6, 6.07) is 0. The summed E-state index contributed by atoms with van der Waals surface area (Å²) in [6.45, 7) is 0. The molecule has 68 valence electrons. The van der Waals surface area contributed by atoms with Crippen LogP contribution < -0.4 is 0 Å². The number of ketones is 1. The van der Waals surface area contributed by atoms with Gasteiger partial charge in [0, 0.05) is 12.3 Å². The van der Waals surface area contributed by atoms with Crippen molar-refractivity contribution in [1.29, 1.82) is 0 Å². The fraction of sp³-hybridized carbons (Fsp3) is 0.750. The van der Waals surface area contributed by atoms with Crippen LogP contribution in [-0.4, -0.2) is 28.1 Å². The van der Waals surface area contributed by atoms with Crippen molar-refractivity contribution in [2.24, 2.45) is 5.92 Å². The number of rotatable bonds is 2. The van der Waals surface area contributed by atoms with E-state index in [0.717, 1.165) is 0 Å². The van der Waals surface area contributed by atoms with E-state index in [1.54, 1.807) is 0 Å². The van der Waals surface area contributed by atoms with Crippen molar-refractivity contribution in [3.05, 3.63) is 0 Å². The van der Waals surface area contributed by atoms with Crippen LogP contribution in [0.15, 0.2) is 0 Å². The molecule has 0 aromatic heterocycles. The van der Waals surface area contributed by atoms with Crippen LogP contribution in [0.1, 0.15) is 25.7 Å². The van der Waals surface area contributed by atoms with Crippen molar-refractivity contribution in [2.75, 3.05) is 0 Å². The van der Waals surface area contributed by atoms with Crippen molar-refractivity contribution >= 4 is 11.8 Å². The molecular weight excluding hydrogens is 160 g/mol. The fourth-order valence-electron chi connectivity index (χ4n) is 1.50. The van der Waals surface area contributed by atoms with Crippen LogP contribution in [0, 0.1) is 5.92 Å². The summed E-state index contributed by atoms with van der Waals surface area (Å²) in [4.78, 5) is 21.4. The number of aliphatic carboxylic acids is 1. The first kappa shape index (κ1) is 9.19. The van der Waals surface area contributed by atoms with Crippen LogP contribution in [0.2, 0.25) is 0 Å². The Morgan fingerprint density at radius 1 is 1.58 bits per heavy atom. The maximum absolute atomic E-state index is 11.1. The van der Waals surface area contributed by atoms with Crippen LogP contribution in [0.5, 0.6) is 0 Å². The lowest BCUT2D eigenvalue weighted by molar-refractivity contribution is -0.142. The lowest BCUT2D eigenvalue weighted by Gasteiger charge is -2.23. The summed E-state index contributed by atoms with van der Waals surface area (Å²) in [6.07, 6.45) is 0.474. The molecule has 0 aliphatic heterocycles. The molecule has 0 aromatic rings. The van der Waals surface area contributed by atoms with E-state index in [4.69, 9.17) is 10.2 Å². The number of hydrogen-bond acceptors (Lipinski definition) is 3. The average molecular weight is 172 g/mol. The average Bonchev–Trinajstić information content (AvgIpc) is 1.96. The Morgan fingerprint density at radius 2 is 2.25 bits per heavy atom. The number of aliphatic hydroxyl groups is 1. The number of carbonyl (C=O) groups is 2. The summed E-state index contributed by atoms with van der Waals surface area (Å²) >= 11 is 0. The zero-order valence-electron chi connectivity index (χ0n) is 6.69. The maximum Gasteiger partial charge on any atom is 0.304 e. The van der Waals surface area contributed by atoms with Gasteiger partial charge >= 0.3 is 5.97 Å². The largest absolute Gasteiger partial charge is 0.481 e. The highest BCUT2D eigenvalue weighted by Crippen LogP contribution is 2.23. The van der Waals surface area contributed by atoms with Gasteiger partial charge in [0.2, 0.25) is 0 Å². The highest BCUT2D eigenvalue weighted by molar-refractivity contribution is 5.85. The normalized spacial score (nSPS) is 30.2. The quantitative estimate of drug-likeness (QED) is 0.623. The minimum Gasteiger partial charge on any atom is -0.481 e. The van der Waals surface area contributed by atoms with Gasteiger partial charge in [0.15, 0.2) is 0 Å². The molecule has 0 radical (unpaired) electrons. The number of carbonyl (C=O) groups excluding carboxylic acids is 1. The van der Waals surface area contributed by atoms with Gasteiger partial charge in [0.05, 0.1) is 12.5 Å². The molecule has 0 spiro atoms. The van der Waals surface area contributed by atoms with Gasteiger partial charge < -0.3 is 10.2 Å². The standard InChI is InChI=1S/C8H12O4/c9-6-1-2-7(10)5(3-6)4-8(11)12/h5-6,9H,1-4H2,(H,11,12). The van der Waals surface area contributed by atoms with Crippen molar-refractivity contribution in [3.8, 4) is 0 Å². The minimum absolute atomic E-state index is 0.0253. The first-order valence-electron chi connectivity index (χ1n) is 4.02. The van der Waals surface area contributed by atoms with Crippen LogP contribution in [-0.2, 0) is 9.59 Å². The monoisotopic (exact) mass is 172 g/mol. The summed E-state index contributed by atoms with van der Waals surface area (Å²) in [5.41, 5.74) is 0. The molecule has 0 bridgehead atoms. The number of hydrogen-bond donors (Lipinski definition) is 2. The van der Waals surface area contributed by atoms with Crippen LogP contribution in [0.3, 0.4) is 0 Å². The molecule has 1 saturated carbocycles. The smallest absolute Gasteiger partial charge is 0.304 e.